The second kappa shape index (κ2) is 8.30. The zero-order valence-corrected chi connectivity index (χ0v) is 19.2. The molecule has 3 aromatic heterocycles. The number of hydrogen-bond acceptors (Lipinski definition) is 6. The Morgan fingerprint density at radius 3 is 2.66 bits per heavy atom. The zero-order chi connectivity index (χ0) is 24.0. The topological polar surface area (TPSA) is 87.5 Å². The molecule has 1 aliphatic heterocycles. The van der Waals surface area contributed by atoms with E-state index in [1.165, 1.54) is 0 Å². The number of aromatic amines is 1. The number of para-hydroxylation sites is 2. The van der Waals surface area contributed by atoms with Crippen LogP contribution in [0, 0.1) is 6.92 Å². The lowest BCUT2D eigenvalue weighted by Crippen LogP contribution is -2.40. The number of imidazole rings is 2. The number of anilines is 2. The molecule has 5 aromatic rings. The normalized spacial score (nSPS) is 15.7. The van der Waals surface area contributed by atoms with Crippen molar-refractivity contribution < 1.29 is 8.78 Å². The number of aromatic nitrogens is 6. The Balaban J connectivity index is 1.39. The first kappa shape index (κ1) is 21.5. The molecule has 8 nitrogen and oxygen atoms in total. The maximum atomic E-state index is 13.8. The molecule has 2 N–H and O–H groups in total. The molecule has 178 valence electrons. The van der Waals surface area contributed by atoms with Crippen LogP contribution in [-0.2, 0) is 6.54 Å². The van der Waals surface area contributed by atoms with E-state index in [2.05, 4.69) is 20.3 Å². The highest BCUT2D eigenvalue weighted by Gasteiger charge is 2.35. The summed E-state index contributed by atoms with van der Waals surface area (Å²) in [7, 11) is 0. The lowest BCUT2D eigenvalue weighted by Gasteiger charge is -2.31. The maximum absolute atomic E-state index is 13.8. The van der Waals surface area contributed by atoms with Gasteiger partial charge in [-0.1, -0.05) is 24.3 Å². The smallest absolute Gasteiger partial charge is 0.251 e. The minimum absolute atomic E-state index is 0.195. The molecule has 1 saturated heterocycles. The van der Waals surface area contributed by atoms with Gasteiger partial charge in [0.2, 0.25) is 5.95 Å². The largest absolute Gasteiger partial charge is 0.361 e. The summed E-state index contributed by atoms with van der Waals surface area (Å²) in [5.41, 5.74) is 5.09. The van der Waals surface area contributed by atoms with Gasteiger partial charge in [0.15, 0.2) is 17.0 Å². The second-order valence-corrected chi connectivity index (χ2v) is 8.90. The minimum atomic E-state index is -2.65. The van der Waals surface area contributed by atoms with Gasteiger partial charge in [-0.25, -0.2) is 18.7 Å². The van der Waals surface area contributed by atoms with E-state index in [0.29, 0.717) is 29.5 Å². The molecule has 0 saturated carbocycles. The monoisotopic (exact) mass is 474 g/mol. The molecule has 10 heteroatoms. The third-order valence-corrected chi connectivity index (χ3v) is 6.30. The van der Waals surface area contributed by atoms with Gasteiger partial charge < -0.3 is 15.2 Å². The number of rotatable bonds is 5. The standard InChI is InChI=1S/C25H24F2N8/c1-16-5-4-6-17(13-16)35-15-29-21-22(28-14-20-30-18-7-2-3-8-19(18)31-20)32-24(33-23(21)35)34-11-9-25(26,27)10-12-34/h2-8,13,15H,9-12,14H2,1H3,(H,30,31)(H,28,32,33). The van der Waals surface area contributed by atoms with Crippen LogP contribution < -0.4 is 10.2 Å². The predicted octanol–water partition coefficient (Wildman–Crippen LogP) is 4.85. The van der Waals surface area contributed by atoms with Crippen LogP contribution in [0.25, 0.3) is 27.9 Å². The van der Waals surface area contributed by atoms with Crippen molar-refractivity contribution in [1.29, 1.82) is 0 Å². The highest BCUT2D eigenvalue weighted by molar-refractivity contribution is 5.85. The first-order valence-electron chi connectivity index (χ1n) is 11.6. The van der Waals surface area contributed by atoms with E-state index in [9.17, 15) is 8.78 Å². The summed E-state index contributed by atoms with van der Waals surface area (Å²) in [6.07, 6.45) is 1.29. The average Bonchev–Trinajstić information content (AvgIpc) is 3.46. The number of nitrogens with zero attached hydrogens (tertiary/aromatic N) is 6. The first-order valence-corrected chi connectivity index (χ1v) is 11.6. The Morgan fingerprint density at radius 2 is 1.86 bits per heavy atom. The Bertz CT molecular complexity index is 1480. The van der Waals surface area contributed by atoms with Crippen LogP contribution in [0.2, 0.25) is 0 Å². The van der Waals surface area contributed by atoms with Gasteiger partial charge in [0.25, 0.3) is 5.92 Å². The van der Waals surface area contributed by atoms with E-state index in [1.54, 1.807) is 6.33 Å². The summed E-state index contributed by atoms with van der Waals surface area (Å²) < 4.78 is 29.5. The van der Waals surface area contributed by atoms with E-state index in [0.717, 1.165) is 28.1 Å². The highest BCUT2D eigenvalue weighted by atomic mass is 19.3. The predicted molar refractivity (Wildman–Crippen MR) is 131 cm³/mol. The molecule has 0 atom stereocenters. The number of fused-ring (bicyclic) bond motifs is 2. The van der Waals surface area contributed by atoms with E-state index >= 15 is 0 Å². The van der Waals surface area contributed by atoms with Gasteiger partial charge in [0.1, 0.15) is 12.2 Å². The molecule has 4 heterocycles. The number of H-pyrrole nitrogens is 1. The molecule has 35 heavy (non-hydrogen) atoms. The molecule has 0 bridgehead atoms. The summed E-state index contributed by atoms with van der Waals surface area (Å²) in [4.78, 5) is 23.8. The molecule has 1 fully saturated rings. The van der Waals surface area contributed by atoms with Gasteiger partial charge in [0.05, 0.1) is 17.6 Å². The average molecular weight is 475 g/mol. The highest BCUT2D eigenvalue weighted by Crippen LogP contribution is 2.31. The molecule has 0 radical (unpaired) electrons. The number of alkyl halides is 2. The summed E-state index contributed by atoms with van der Waals surface area (Å²) in [5.74, 6) is -0.939. The summed E-state index contributed by atoms with van der Waals surface area (Å²) in [5, 5.41) is 3.34. The molecule has 0 spiro atoms. The quantitative estimate of drug-likeness (QED) is 0.379. The van der Waals surface area contributed by atoms with Crippen LogP contribution in [0.5, 0.6) is 0 Å². The van der Waals surface area contributed by atoms with E-state index in [-0.39, 0.29) is 25.9 Å². The third kappa shape index (κ3) is 4.16. The number of piperidine rings is 1. The molecular formula is C25H24F2N8. The van der Waals surface area contributed by atoms with Crippen molar-refractivity contribution in [3.05, 3.63) is 66.2 Å². The van der Waals surface area contributed by atoms with Gasteiger partial charge >= 0.3 is 0 Å². The van der Waals surface area contributed by atoms with E-state index in [1.807, 2.05) is 64.9 Å². The van der Waals surface area contributed by atoms with Crippen LogP contribution in [0.15, 0.2) is 54.9 Å². The Hall–Kier alpha value is -4.08. The summed E-state index contributed by atoms with van der Waals surface area (Å²) in [6.45, 7) is 2.81. The fraction of sp³-hybridized carbons (Fsp3) is 0.280. The van der Waals surface area contributed by atoms with Crippen LogP contribution >= 0.6 is 0 Å². The fourth-order valence-electron chi connectivity index (χ4n) is 4.41. The number of aryl methyl sites for hydroxylation is 1. The van der Waals surface area contributed by atoms with Crippen molar-refractivity contribution >= 4 is 34.0 Å². The van der Waals surface area contributed by atoms with Crippen molar-refractivity contribution in [1.82, 2.24) is 29.5 Å². The summed E-state index contributed by atoms with van der Waals surface area (Å²) in [6, 6.07) is 15.9. The van der Waals surface area contributed by atoms with Gasteiger partial charge in [-0.3, -0.25) is 4.57 Å². The molecule has 1 aliphatic rings. The van der Waals surface area contributed by atoms with Crippen molar-refractivity contribution in [2.75, 3.05) is 23.3 Å². The lowest BCUT2D eigenvalue weighted by atomic mass is 10.1. The van der Waals surface area contributed by atoms with Gasteiger partial charge in [0, 0.05) is 31.6 Å². The minimum Gasteiger partial charge on any atom is -0.361 e. The van der Waals surface area contributed by atoms with Crippen molar-refractivity contribution in [2.24, 2.45) is 0 Å². The van der Waals surface area contributed by atoms with Crippen molar-refractivity contribution in [3.8, 4) is 5.69 Å². The second-order valence-electron chi connectivity index (χ2n) is 8.90. The summed E-state index contributed by atoms with van der Waals surface area (Å²) >= 11 is 0. The van der Waals surface area contributed by atoms with E-state index < -0.39 is 5.92 Å². The van der Waals surface area contributed by atoms with Gasteiger partial charge in [-0.05, 0) is 36.8 Å². The molecule has 0 unspecified atom stereocenters. The van der Waals surface area contributed by atoms with Crippen molar-refractivity contribution in [2.45, 2.75) is 32.2 Å². The zero-order valence-electron chi connectivity index (χ0n) is 19.2. The van der Waals surface area contributed by atoms with Crippen LogP contribution in [0.1, 0.15) is 24.2 Å². The number of benzene rings is 2. The molecule has 0 aliphatic carbocycles. The Labute approximate surface area is 200 Å². The molecular weight excluding hydrogens is 450 g/mol. The van der Waals surface area contributed by atoms with Crippen LogP contribution in [-0.4, -0.2) is 48.5 Å². The molecule has 0 amide bonds. The number of halogens is 2. The van der Waals surface area contributed by atoms with Gasteiger partial charge in [-0.15, -0.1) is 0 Å². The maximum Gasteiger partial charge on any atom is 0.251 e. The van der Waals surface area contributed by atoms with Gasteiger partial charge in [-0.2, -0.15) is 9.97 Å². The van der Waals surface area contributed by atoms with E-state index in [4.69, 9.17) is 9.97 Å². The fourth-order valence-corrected chi connectivity index (χ4v) is 4.41. The Morgan fingerprint density at radius 1 is 1.03 bits per heavy atom. The number of nitrogens with one attached hydrogen (secondary N) is 2. The van der Waals surface area contributed by atoms with Crippen LogP contribution in [0.3, 0.4) is 0 Å². The number of hydrogen-bond donors (Lipinski definition) is 2. The van der Waals surface area contributed by atoms with Crippen LogP contribution in [0.4, 0.5) is 20.5 Å². The molecule has 2 aromatic carbocycles. The van der Waals surface area contributed by atoms with Crippen molar-refractivity contribution in [3.63, 3.8) is 0 Å². The SMILES string of the molecule is Cc1cccc(-n2cnc3c(NCc4nc5ccccc5[nH]4)nc(N4CCC(F)(F)CC4)nc32)c1. The Kier molecular flexibility index (Phi) is 5.09. The first-order chi connectivity index (χ1) is 16.9. The third-order valence-electron chi connectivity index (χ3n) is 6.30. The molecule has 6 rings (SSSR count). The lowest BCUT2D eigenvalue weighted by molar-refractivity contribution is -0.0222.